The van der Waals surface area contributed by atoms with E-state index in [0.717, 1.165) is 38.8 Å². The average Bonchev–Trinajstić information content (AvgIpc) is 2.55. The van der Waals surface area contributed by atoms with E-state index in [1.165, 1.54) is 0 Å². The first-order valence-corrected chi connectivity index (χ1v) is 7.03. The lowest BCUT2D eigenvalue weighted by molar-refractivity contribution is 1.30. The van der Waals surface area contributed by atoms with E-state index < -0.39 is 0 Å². The van der Waals surface area contributed by atoms with E-state index >= 15 is 0 Å². The molecule has 4 heteroatoms. The van der Waals surface area contributed by atoms with E-state index in [2.05, 4.69) is 4.98 Å². The summed E-state index contributed by atoms with van der Waals surface area (Å²) in [7, 11) is 0. The maximum Gasteiger partial charge on any atom is 0.0965 e. The van der Waals surface area contributed by atoms with Crippen LogP contribution in [0.2, 0.25) is 0 Å². The lowest BCUT2D eigenvalue weighted by atomic mass is 10.1. The molecule has 0 radical (unpaired) electrons. The molecule has 0 atom stereocenters. The molecule has 4 nitrogen and oxygen atoms in total. The summed E-state index contributed by atoms with van der Waals surface area (Å²) in [6.45, 7) is 0. The zero-order valence-corrected chi connectivity index (χ0v) is 11.8. The molecule has 4 rings (SSSR count). The highest BCUT2D eigenvalue weighted by atomic mass is 14.8. The van der Waals surface area contributed by atoms with Gasteiger partial charge in [-0.25, -0.2) is 4.98 Å². The molecule has 0 fully saturated rings. The van der Waals surface area contributed by atoms with Crippen LogP contribution in [0.1, 0.15) is 0 Å². The number of rotatable bonds is 1. The van der Waals surface area contributed by atoms with Crippen LogP contribution < -0.4 is 11.5 Å². The fourth-order valence-electron chi connectivity index (χ4n) is 2.74. The molecular weight excluding hydrogens is 272 g/mol. The maximum atomic E-state index is 6.05. The van der Waals surface area contributed by atoms with Gasteiger partial charge in [-0.3, -0.25) is 4.98 Å². The Labute approximate surface area is 127 Å². The Morgan fingerprint density at radius 3 is 2.45 bits per heavy atom. The molecule has 2 aromatic heterocycles. The number of fused-ring (bicyclic) bond motifs is 2. The molecular formula is C18H14N4. The van der Waals surface area contributed by atoms with Crippen LogP contribution in [0.5, 0.6) is 0 Å². The molecule has 4 aromatic rings. The van der Waals surface area contributed by atoms with Crippen molar-refractivity contribution < 1.29 is 0 Å². The number of benzene rings is 2. The van der Waals surface area contributed by atoms with Gasteiger partial charge in [0.25, 0.3) is 0 Å². The molecule has 0 spiro atoms. The Bertz CT molecular complexity index is 1010. The van der Waals surface area contributed by atoms with Crippen LogP contribution >= 0.6 is 0 Å². The molecule has 4 N–H and O–H groups in total. The summed E-state index contributed by atoms with van der Waals surface area (Å²) in [6.07, 6.45) is 1.76. The summed E-state index contributed by atoms with van der Waals surface area (Å²) in [5, 5.41) is 2.99. The van der Waals surface area contributed by atoms with Crippen molar-refractivity contribution in [3.8, 4) is 11.4 Å². The zero-order valence-electron chi connectivity index (χ0n) is 11.8. The summed E-state index contributed by atoms with van der Waals surface area (Å²) in [5.41, 5.74) is 15.9. The van der Waals surface area contributed by atoms with Crippen LogP contribution in [0.4, 0.5) is 11.4 Å². The van der Waals surface area contributed by atoms with Gasteiger partial charge < -0.3 is 11.5 Å². The van der Waals surface area contributed by atoms with E-state index in [9.17, 15) is 0 Å². The maximum absolute atomic E-state index is 6.05. The highest BCUT2D eigenvalue weighted by molar-refractivity contribution is 6.01. The third kappa shape index (κ3) is 1.85. The van der Waals surface area contributed by atoms with Crippen LogP contribution in [-0.2, 0) is 0 Å². The van der Waals surface area contributed by atoms with E-state index in [0.29, 0.717) is 5.69 Å². The summed E-state index contributed by atoms with van der Waals surface area (Å²) < 4.78 is 0. The summed E-state index contributed by atoms with van der Waals surface area (Å²) >= 11 is 0. The van der Waals surface area contributed by atoms with Gasteiger partial charge in [-0.2, -0.15) is 0 Å². The third-order valence-corrected chi connectivity index (χ3v) is 3.83. The Morgan fingerprint density at radius 2 is 1.55 bits per heavy atom. The lowest BCUT2D eigenvalue weighted by Gasteiger charge is -2.08. The standard InChI is InChI=1S/C18H14N4/c19-14-5-2-4-13-12(14)9-10-21-18(13)16-8-7-11-3-1-6-15(20)17(11)22-16/h1-10H,19-20H2. The Kier molecular flexibility index (Phi) is 2.69. The molecule has 106 valence electrons. The first kappa shape index (κ1) is 12.6. The number of nitrogens with zero attached hydrogens (tertiary/aromatic N) is 2. The first-order chi connectivity index (χ1) is 10.7. The van der Waals surface area contributed by atoms with Gasteiger partial charge in [0.15, 0.2) is 0 Å². The number of aromatic nitrogens is 2. The molecule has 2 heterocycles. The van der Waals surface area contributed by atoms with E-state index in [-0.39, 0.29) is 0 Å². The average molecular weight is 286 g/mol. The number of pyridine rings is 2. The highest BCUT2D eigenvalue weighted by Crippen LogP contribution is 2.30. The highest BCUT2D eigenvalue weighted by Gasteiger charge is 2.09. The van der Waals surface area contributed by atoms with Crippen molar-refractivity contribution in [1.29, 1.82) is 0 Å². The van der Waals surface area contributed by atoms with Crippen molar-refractivity contribution in [2.75, 3.05) is 11.5 Å². The van der Waals surface area contributed by atoms with Gasteiger partial charge in [0.1, 0.15) is 0 Å². The molecule has 2 aromatic carbocycles. The second-order valence-corrected chi connectivity index (χ2v) is 5.22. The molecule has 0 aliphatic heterocycles. The summed E-state index contributed by atoms with van der Waals surface area (Å²) in [5.74, 6) is 0. The lowest BCUT2D eigenvalue weighted by Crippen LogP contribution is -1.94. The van der Waals surface area contributed by atoms with Crippen LogP contribution in [-0.4, -0.2) is 9.97 Å². The van der Waals surface area contributed by atoms with Crippen molar-refractivity contribution in [2.24, 2.45) is 0 Å². The van der Waals surface area contributed by atoms with Crippen LogP contribution in [0.25, 0.3) is 33.1 Å². The number of para-hydroxylation sites is 1. The van der Waals surface area contributed by atoms with Gasteiger partial charge in [-0.1, -0.05) is 30.3 Å². The van der Waals surface area contributed by atoms with Gasteiger partial charge in [0.2, 0.25) is 0 Å². The van der Waals surface area contributed by atoms with Gasteiger partial charge in [0, 0.05) is 28.0 Å². The molecule has 0 unspecified atom stereocenters. The van der Waals surface area contributed by atoms with Gasteiger partial charge >= 0.3 is 0 Å². The quantitative estimate of drug-likeness (QED) is 0.524. The van der Waals surface area contributed by atoms with Crippen molar-refractivity contribution in [2.45, 2.75) is 0 Å². The fourth-order valence-corrected chi connectivity index (χ4v) is 2.74. The van der Waals surface area contributed by atoms with E-state index in [1.807, 2.05) is 54.6 Å². The summed E-state index contributed by atoms with van der Waals surface area (Å²) in [4.78, 5) is 9.19. The minimum Gasteiger partial charge on any atom is -0.398 e. The van der Waals surface area contributed by atoms with Gasteiger partial charge in [0.05, 0.1) is 22.6 Å². The Morgan fingerprint density at radius 1 is 0.727 bits per heavy atom. The van der Waals surface area contributed by atoms with Crippen molar-refractivity contribution in [3.05, 3.63) is 60.8 Å². The second kappa shape index (κ2) is 4.70. The third-order valence-electron chi connectivity index (χ3n) is 3.83. The van der Waals surface area contributed by atoms with E-state index in [4.69, 9.17) is 16.5 Å². The smallest absolute Gasteiger partial charge is 0.0965 e. The second-order valence-electron chi connectivity index (χ2n) is 5.22. The number of hydrogen-bond acceptors (Lipinski definition) is 4. The normalized spacial score (nSPS) is 11.1. The molecule has 0 aliphatic carbocycles. The predicted octanol–water partition coefficient (Wildman–Crippen LogP) is 3.61. The molecule has 0 bridgehead atoms. The van der Waals surface area contributed by atoms with Crippen LogP contribution in [0.15, 0.2) is 60.8 Å². The number of anilines is 2. The van der Waals surface area contributed by atoms with Crippen molar-refractivity contribution >= 4 is 33.1 Å². The van der Waals surface area contributed by atoms with Crippen LogP contribution in [0.3, 0.4) is 0 Å². The zero-order chi connectivity index (χ0) is 15.1. The van der Waals surface area contributed by atoms with Crippen LogP contribution in [0, 0.1) is 0 Å². The van der Waals surface area contributed by atoms with Crippen molar-refractivity contribution in [3.63, 3.8) is 0 Å². The molecule has 0 aliphatic rings. The topological polar surface area (TPSA) is 77.8 Å². The minimum absolute atomic E-state index is 0.666. The van der Waals surface area contributed by atoms with E-state index in [1.54, 1.807) is 6.20 Å². The summed E-state index contributed by atoms with van der Waals surface area (Å²) in [6, 6.07) is 17.5. The minimum atomic E-state index is 0.666. The SMILES string of the molecule is Nc1cccc2c(-c3ccc4cccc(N)c4n3)nccc12. The fraction of sp³-hybridized carbons (Fsp3) is 0. The van der Waals surface area contributed by atoms with Gasteiger partial charge in [-0.05, 0) is 24.3 Å². The monoisotopic (exact) mass is 286 g/mol. The molecule has 0 amide bonds. The predicted molar refractivity (Wildman–Crippen MR) is 91.3 cm³/mol. The number of hydrogen-bond donors (Lipinski definition) is 2. The Balaban J connectivity index is 2.03. The molecule has 0 saturated carbocycles. The first-order valence-electron chi connectivity index (χ1n) is 7.03. The number of nitrogens with two attached hydrogens (primary N) is 2. The number of nitrogen functional groups attached to an aromatic ring is 2. The van der Waals surface area contributed by atoms with Crippen molar-refractivity contribution in [1.82, 2.24) is 9.97 Å². The Hall–Kier alpha value is -3.14. The molecule has 0 saturated heterocycles. The van der Waals surface area contributed by atoms with Gasteiger partial charge in [-0.15, -0.1) is 0 Å². The molecule has 22 heavy (non-hydrogen) atoms. The largest absolute Gasteiger partial charge is 0.398 e.